The Balaban J connectivity index is 1.88. The van der Waals surface area contributed by atoms with Gasteiger partial charge in [-0.15, -0.1) is 0 Å². The van der Waals surface area contributed by atoms with Crippen LogP contribution in [0.15, 0.2) is 46.9 Å². The van der Waals surface area contributed by atoms with Crippen LogP contribution in [0.4, 0.5) is 11.4 Å². The van der Waals surface area contributed by atoms with E-state index in [9.17, 15) is 14.9 Å². The molecule has 2 aromatic rings. The van der Waals surface area contributed by atoms with Crippen LogP contribution in [0.2, 0.25) is 0 Å². The topological polar surface area (TPSA) is 72.7 Å². The third kappa shape index (κ3) is 4.35. The molecule has 0 fully saturated rings. The second-order valence-corrected chi connectivity index (χ2v) is 8.85. The van der Waals surface area contributed by atoms with E-state index in [-0.39, 0.29) is 29.2 Å². The molecule has 0 aliphatic carbocycles. The number of nitrogens with zero attached hydrogens (tertiary/aromatic N) is 2. The molecule has 0 amide bonds. The quantitative estimate of drug-likeness (QED) is 0.371. The van der Waals surface area contributed by atoms with Gasteiger partial charge in [0.05, 0.1) is 16.4 Å². The van der Waals surface area contributed by atoms with E-state index < -0.39 is 5.41 Å². The zero-order valence-corrected chi connectivity index (χ0v) is 17.7. The summed E-state index contributed by atoms with van der Waals surface area (Å²) in [5.41, 5.74) is 2.45. The minimum absolute atomic E-state index is 0.0737. The summed E-state index contributed by atoms with van der Waals surface area (Å²) in [5.74, 6) is -0.254. The first-order valence-corrected chi connectivity index (χ1v) is 9.90. The number of hydrogen-bond acceptors (Lipinski definition) is 5. The Morgan fingerprint density at radius 3 is 2.64 bits per heavy atom. The molecule has 6 nitrogen and oxygen atoms in total. The monoisotopic (exact) mass is 446 g/mol. The van der Waals surface area contributed by atoms with Gasteiger partial charge < -0.3 is 9.64 Å². The Kier molecular flexibility index (Phi) is 5.74. The summed E-state index contributed by atoms with van der Waals surface area (Å²) in [6.07, 6.45) is 0.596. The second-order valence-electron chi connectivity index (χ2n) is 8.00. The predicted octanol–water partition coefficient (Wildman–Crippen LogP) is 4.88. The van der Waals surface area contributed by atoms with Gasteiger partial charge in [-0.05, 0) is 50.5 Å². The molecule has 0 saturated heterocycles. The number of carbonyl (C=O) groups excluding carboxylic acids is 1. The van der Waals surface area contributed by atoms with Crippen molar-refractivity contribution < 1.29 is 14.5 Å². The average Bonchev–Trinajstić information content (AvgIpc) is 2.97. The number of halogens is 1. The van der Waals surface area contributed by atoms with Crippen LogP contribution < -0.4 is 4.90 Å². The Labute approximate surface area is 172 Å². The number of ether oxygens (including phenoxy) is 1. The first kappa shape index (κ1) is 20.3. The van der Waals surface area contributed by atoms with Gasteiger partial charge in [-0.25, -0.2) is 0 Å². The fourth-order valence-corrected chi connectivity index (χ4v) is 3.66. The normalized spacial score (nSPS) is 16.0. The molecule has 2 aromatic carbocycles. The maximum atomic E-state index is 12.2. The highest BCUT2D eigenvalue weighted by Gasteiger charge is 2.33. The third-order valence-corrected chi connectivity index (χ3v) is 5.57. The predicted molar refractivity (Wildman–Crippen MR) is 111 cm³/mol. The fraction of sp³-hybridized carbons (Fsp3) is 0.381. The van der Waals surface area contributed by atoms with Crippen LogP contribution in [0.25, 0.3) is 0 Å². The summed E-state index contributed by atoms with van der Waals surface area (Å²) in [6, 6.07) is 12.8. The maximum absolute atomic E-state index is 12.2. The molecular formula is C21H23BrN2O4. The molecule has 1 heterocycles. The molecule has 0 radical (unpaired) electrons. The molecule has 0 unspecified atom stereocenters. The smallest absolute Gasteiger partial charge is 0.311 e. The molecule has 0 aromatic heterocycles. The van der Waals surface area contributed by atoms with E-state index in [4.69, 9.17) is 4.74 Å². The van der Waals surface area contributed by atoms with Crippen LogP contribution in [0.3, 0.4) is 0 Å². The lowest BCUT2D eigenvalue weighted by Gasteiger charge is -2.29. The van der Waals surface area contributed by atoms with Crippen molar-refractivity contribution in [3.05, 3.63) is 68.2 Å². The average molecular weight is 447 g/mol. The van der Waals surface area contributed by atoms with Crippen molar-refractivity contribution in [3.8, 4) is 0 Å². The lowest BCUT2D eigenvalue weighted by Crippen LogP contribution is -2.37. The van der Waals surface area contributed by atoms with Gasteiger partial charge in [0.25, 0.3) is 5.69 Å². The van der Waals surface area contributed by atoms with E-state index in [1.165, 1.54) is 6.07 Å². The van der Waals surface area contributed by atoms with Gasteiger partial charge >= 0.3 is 5.97 Å². The van der Waals surface area contributed by atoms with Gasteiger partial charge in [-0.2, -0.15) is 0 Å². The van der Waals surface area contributed by atoms with E-state index in [1.807, 2.05) is 45.0 Å². The van der Waals surface area contributed by atoms with E-state index >= 15 is 0 Å². The van der Waals surface area contributed by atoms with E-state index in [0.717, 1.165) is 21.3 Å². The zero-order valence-electron chi connectivity index (χ0n) is 16.1. The summed E-state index contributed by atoms with van der Waals surface area (Å²) in [7, 11) is 0. The lowest BCUT2D eigenvalue weighted by molar-refractivity contribution is -0.384. The number of fused-ring (bicyclic) bond motifs is 1. The number of hydrogen-bond donors (Lipinski definition) is 0. The fourth-order valence-electron chi connectivity index (χ4n) is 3.25. The second kappa shape index (κ2) is 7.91. The minimum atomic E-state index is -0.572. The number of non-ortho nitro benzene ring substituents is 1. The number of esters is 1. The van der Waals surface area contributed by atoms with Gasteiger partial charge in [-0.1, -0.05) is 34.1 Å². The summed E-state index contributed by atoms with van der Waals surface area (Å²) >= 11 is 3.58. The first-order valence-electron chi connectivity index (χ1n) is 9.11. The highest BCUT2D eigenvalue weighted by molar-refractivity contribution is 9.10. The molecule has 0 bridgehead atoms. The molecule has 1 aliphatic heterocycles. The number of nitro groups is 1. The Hall–Kier alpha value is -2.41. The number of rotatable bonds is 5. The SMILES string of the molecule is CC(C)(C)C(=O)OC[C@@H]1Cc2cc([N+](=O)[O-])ccc2N1Cc1ccccc1Br. The van der Waals surface area contributed by atoms with Gasteiger partial charge in [0.2, 0.25) is 0 Å². The van der Waals surface area contributed by atoms with Gasteiger partial charge in [0.15, 0.2) is 0 Å². The standard InChI is InChI=1S/C21H23BrN2O4/c1-21(2,3)20(25)28-13-17-11-15-10-16(24(26)27)8-9-19(15)23(17)12-14-6-4-5-7-18(14)22/h4-10,17H,11-13H2,1-3H3/t17-/m0/s1. The Bertz CT molecular complexity index is 908. The summed E-state index contributed by atoms with van der Waals surface area (Å²) in [6.45, 7) is 6.32. The highest BCUT2D eigenvalue weighted by Crippen LogP contribution is 2.37. The van der Waals surface area contributed by atoms with Crippen LogP contribution in [0.1, 0.15) is 31.9 Å². The molecule has 3 rings (SSSR count). The van der Waals surface area contributed by atoms with Crippen molar-refractivity contribution in [2.75, 3.05) is 11.5 Å². The van der Waals surface area contributed by atoms with Crippen LogP contribution in [0, 0.1) is 15.5 Å². The van der Waals surface area contributed by atoms with Crippen molar-refractivity contribution in [3.63, 3.8) is 0 Å². The number of carbonyl (C=O) groups is 1. The third-order valence-electron chi connectivity index (χ3n) is 4.80. The van der Waals surface area contributed by atoms with Gasteiger partial charge in [-0.3, -0.25) is 14.9 Å². The van der Waals surface area contributed by atoms with Crippen LogP contribution >= 0.6 is 15.9 Å². The molecule has 148 valence electrons. The van der Waals surface area contributed by atoms with Crippen molar-refractivity contribution in [2.24, 2.45) is 5.41 Å². The summed E-state index contributed by atoms with van der Waals surface area (Å²) in [4.78, 5) is 25.1. The van der Waals surface area contributed by atoms with E-state index in [0.29, 0.717) is 13.0 Å². The number of nitro benzene ring substituents is 1. The lowest BCUT2D eigenvalue weighted by atomic mass is 9.97. The van der Waals surface area contributed by atoms with E-state index in [2.05, 4.69) is 20.8 Å². The van der Waals surface area contributed by atoms with Crippen molar-refractivity contribution in [1.82, 2.24) is 0 Å². The van der Waals surface area contributed by atoms with Crippen LogP contribution in [-0.4, -0.2) is 23.5 Å². The summed E-state index contributed by atoms with van der Waals surface area (Å²) in [5, 5.41) is 11.1. The molecular weight excluding hydrogens is 424 g/mol. The maximum Gasteiger partial charge on any atom is 0.311 e. The van der Waals surface area contributed by atoms with Crippen molar-refractivity contribution in [1.29, 1.82) is 0 Å². The summed E-state index contributed by atoms with van der Waals surface area (Å²) < 4.78 is 6.57. The Morgan fingerprint density at radius 2 is 2.00 bits per heavy atom. The molecule has 0 spiro atoms. The molecule has 28 heavy (non-hydrogen) atoms. The largest absolute Gasteiger partial charge is 0.463 e. The van der Waals surface area contributed by atoms with Crippen LogP contribution in [0.5, 0.6) is 0 Å². The highest BCUT2D eigenvalue weighted by atomic mass is 79.9. The first-order chi connectivity index (χ1) is 13.2. The number of anilines is 1. The van der Waals surface area contributed by atoms with Crippen molar-refractivity contribution in [2.45, 2.75) is 39.8 Å². The van der Waals surface area contributed by atoms with Gasteiger partial charge in [0, 0.05) is 28.8 Å². The molecule has 1 atom stereocenters. The van der Waals surface area contributed by atoms with Gasteiger partial charge in [0.1, 0.15) is 6.61 Å². The molecule has 0 saturated carbocycles. The van der Waals surface area contributed by atoms with Crippen LogP contribution in [-0.2, 0) is 22.5 Å². The van der Waals surface area contributed by atoms with Crippen molar-refractivity contribution >= 4 is 33.3 Å². The van der Waals surface area contributed by atoms with E-state index in [1.54, 1.807) is 12.1 Å². The molecule has 7 heteroatoms. The molecule has 0 N–H and O–H groups in total. The Morgan fingerprint density at radius 1 is 1.29 bits per heavy atom. The minimum Gasteiger partial charge on any atom is -0.463 e. The number of benzene rings is 2. The molecule has 1 aliphatic rings. The zero-order chi connectivity index (χ0) is 20.5.